The summed E-state index contributed by atoms with van der Waals surface area (Å²) in [6.45, 7) is 4.80. The molecule has 0 N–H and O–H groups in total. The van der Waals surface area contributed by atoms with Gasteiger partial charge in [0.1, 0.15) is 0 Å². The summed E-state index contributed by atoms with van der Waals surface area (Å²) in [6, 6.07) is 7.79. The van der Waals surface area contributed by atoms with Gasteiger partial charge in [0.15, 0.2) is 0 Å². The van der Waals surface area contributed by atoms with Gasteiger partial charge in [0, 0.05) is 50.7 Å². The Bertz CT molecular complexity index is 599. The first kappa shape index (κ1) is 18.7. The largest absolute Gasteiger partial charge is 0.384 e. The Balaban J connectivity index is 1.53. The molecule has 25 heavy (non-hydrogen) atoms. The lowest BCUT2D eigenvalue weighted by molar-refractivity contribution is -0.134. The van der Waals surface area contributed by atoms with Crippen molar-refractivity contribution >= 4 is 17.5 Å². The number of benzene rings is 1. The van der Waals surface area contributed by atoms with Crippen LogP contribution in [0.25, 0.3) is 0 Å². The standard InChI is InChI=1S/C20H29ClN2O2/c1-22-13-17(14-25-2)20(15-22)9-11-23(12-10-20)19(24)8-7-16-5-3-4-6-18(16)21/h3-6,17H,7-15H2,1-2H3/t17-/m1/s1. The number of halogens is 1. The Morgan fingerprint density at radius 1 is 1.32 bits per heavy atom. The molecule has 1 spiro atoms. The maximum absolute atomic E-state index is 12.6. The van der Waals surface area contributed by atoms with Crippen LogP contribution in [-0.4, -0.2) is 62.7 Å². The van der Waals surface area contributed by atoms with Crippen LogP contribution in [0.15, 0.2) is 24.3 Å². The second-order valence-electron chi connectivity index (χ2n) is 7.68. The van der Waals surface area contributed by atoms with E-state index in [1.807, 2.05) is 29.2 Å². The smallest absolute Gasteiger partial charge is 0.222 e. The fraction of sp³-hybridized carbons (Fsp3) is 0.650. The molecule has 4 nitrogen and oxygen atoms in total. The summed E-state index contributed by atoms with van der Waals surface area (Å²) in [7, 11) is 3.98. The molecule has 0 aromatic heterocycles. The lowest BCUT2D eigenvalue weighted by atomic mass is 9.71. The van der Waals surface area contributed by atoms with Gasteiger partial charge in [-0.2, -0.15) is 0 Å². The maximum Gasteiger partial charge on any atom is 0.222 e. The number of carbonyl (C=O) groups excluding carboxylic acids is 1. The molecule has 2 fully saturated rings. The van der Waals surface area contributed by atoms with Crippen LogP contribution in [0, 0.1) is 11.3 Å². The summed E-state index contributed by atoms with van der Waals surface area (Å²) < 4.78 is 5.45. The van der Waals surface area contributed by atoms with Gasteiger partial charge in [-0.15, -0.1) is 0 Å². The molecule has 1 aromatic carbocycles. The Hall–Kier alpha value is -1.10. The Labute approximate surface area is 156 Å². The van der Waals surface area contributed by atoms with Crippen LogP contribution in [0.1, 0.15) is 24.8 Å². The van der Waals surface area contributed by atoms with Crippen molar-refractivity contribution < 1.29 is 9.53 Å². The molecule has 5 heteroatoms. The van der Waals surface area contributed by atoms with Gasteiger partial charge in [-0.25, -0.2) is 0 Å². The fourth-order valence-electron chi connectivity index (χ4n) is 4.60. The van der Waals surface area contributed by atoms with Crippen molar-refractivity contribution in [2.75, 3.05) is 46.9 Å². The van der Waals surface area contributed by atoms with Crippen molar-refractivity contribution in [3.8, 4) is 0 Å². The molecule has 0 aliphatic carbocycles. The van der Waals surface area contributed by atoms with Gasteiger partial charge >= 0.3 is 0 Å². The van der Waals surface area contributed by atoms with Gasteiger partial charge in [0.25, 0.3) is 0 Å². The molecule has 0 radical (unpaired) electrons. The monoisotopic (exact) mass is 364 g/mol. The van der Waals surface area contributed by atoms with Gasteiger partial charge in [0.05, 0.1) is 6.61 Å². The van der Waals surface area contributed by atoms with Crippen molar-refractivity contribution in [3.63, 3.8) is 0 Å². The molecule has 2 heterocycles. The molecular formula is C20H29ClN2O2. The molecule has 0 bridgehead atoms. The lowest BCUT2D eigenvalue weighted by Gasteiger charge is -2.42. The minimum absolute atomic E-state index is 0.254. The Morgan fingerprint density at radius 3 is 2.72 bits per heavy atom. The van der Waals surface area contributed by atoms with Crippen LogP contribution in [0.4, 0.5) is 0 Å². The highest BCUT2D eigenvalue weighted by Gasteiger charge is 2.47. The van der Waals surface area contributed by atoms with Crippen molar-refractivity contribution in [2.24, 2.45) is 11.3 Å². The molecule has 0 saturated carbocycles. The van der Waals surface area contributed by atoms with E-state index in [1.165, 1.54) is 0 Å². The van der Waals surface area contributed by atoms with E-state index in [-0.39, 0.29) is 5.91 Å². The molecule has 2 aliphatic rings. The summed E-state index contributed by atoms with van der Waals surface area (Å²) in [5.74, 6) is 0.840. The molecule has 0 unspecified atom stereocenters. The second-order valence-corrected chi connectivity index (χ2v) is 8.09. The van der Waals surface area contributed by atoms with Crippen molar-refractivity contribution in [3.05, 3.63) is 34.9 Å². The molecule has 1 atom stereocenters. The number of likely N-dealkylation sites (tertiary alicyclic amines) is 2. The molecule has 1 aromatic rings. The molecule has 1 amide bonds. The molecule has 3 rings (SSSR count). The van der Waals surface area contributed by atoms with Crippen molar-refractivity contribution in [1.82, 2.24) is 9.80 Å². The zero-order chi connectivity index (χ0) is 17.9. The number of hydrogen-bond acceptors (Lipinski definition) is 3. The normalized spacial score (nSPS) is 23.3. The second kappa shape index (κ2) is 8.07. The number of methoxy groups -OCH3 is 1. The SMILES string of the molecule is COC[C@H]1CN(C)CC12CCN(C(=O)CCc1ccccc1Cl)CC2. The van der Waals surface area contributed by atoms with Gasteiger partial charge in [-0.1, -0.05) is 29.8 Å². The number of carbonyl (C=O) groups is 1. The fourth-order valence-corrected chi connectivity index (χ4v) is 4.83. The molecular weight excluding hydrogens is 336 g/mol. The number of ether oxygens (including phenoxy) is 1. The predicted octanol–water partition coefficient (Wildman–Crippen LogP) is 3.09. The van der Waals surface area contributed by atoms with E-state index in [9.17, 15) is 4.79 Å². The minimum atomic E-state index is 0.254. The van der Waals surface area contributed by atoms with E-state index in [2.05, 4.69) is 11.9 Å². The van der Waals surface area contributed by atoms with Gasteiger partial charge < -0.3 is 14.5 Å². The minimum Gasteiger partial charge on any atom is -0.384 e. The first-order valence-corrected chi connectivity index (χ1v) is 9.60. The number of amides is 1. The van der Waals surface area contributed by atoms with E-state index in [0.717, 1.165) is 62.6 Å². The third-order valence-electron chi connectivity index (χ3n) is 6.03. The third kappa shape index (κ3) is 4.18. The van der Waals surface area contributed by atoms with Crippen molar-refractivity contribution in [1.29, 1.82) is 0 Å². The van der Waals surface area contributed by atoms with Gasteiger partial charge in [0.2, 0.25) is 5.91 Å². The zero-order valence-electron chi connectivity index (χ0n) is 15.3. The van der Waals surface area contributed by atoms with Crippen LogP contribution < -0.4 is 0 Å². The topological polar surface area (TPSA) is 32.8 Å². The summed E-state index contributed by atoms with van der Waals surface area (Å²) in [5, 5.41) is 0.754. The predicted molar refractivity (Wildman–Crippen MR) is 101 cm³/mol. The van der Waals surface area contributed by atoms with E-state index in [0.29, 0.717) is 17.8 Å². The molecule has 138 valence electrons. The van der Waals surface area contributed by atoms with E-state index in [1.54, 1.807) is 7.11 Å². The highest BCUT2D eigenvalue weighted by molar-refractivity contribution is 6.31. The molecule has 2 saturated heterocycles. The van der Waals surface area contributed by atoms with E-state index in [4.69, 9.17) is 16.3 Å². The summed E-state index contributed by atoms with van der Waals surface area (Å²) in [5.41, 5.74) is 1.38. The lowest BCUT2D eigenvalue weighted by Crippen LogP contribution is -2.47. The van der Waals surface area contributed by atoms with Crippen molar-refractivity contribution in [2.45, 2.75) is 25.7 Å². The van der Waals surface area contributed by atoms with Crippen LogP contribution in [0.5, 0.6) is 0 Å². The number of rotatable bonds is 5. The van der Waals surface area contributed by atoms with Crippen LogP contribution in [-0.2, 0) is 16.0 Å². The number of nitrogens with zero attached hydrogens (tertiary/aromatic N) is 2. The third-order valence-corrected chi connectivity index (χ3v) is 6.40. The highest BCUT2D eigenvalue weighted by Crippen LogP contribution is 2.44. The first-order chi connectivity index (χ1) is 12.0. The Morgan fingerprint density at radius 2 is 2.04 bits per heavy atom. The first-order valence-electron chi connectivity index (χ1n) is 9.23. The summed E-state index contributed by atoms with van der Waals surface area (Å²) >= 11 is 6.19. The average Bonchev–Trinajstić information content (AvgIpc) is 2.90. The number of piperidine rings is 1. The average molecular weight is 365 g/mol. The number of aryl methyl sites for hydroxylation is 1. The van der Waals surface area contributed by atoms with Crippen LogP contribution in [0.3, 0.4) is 0 Å². The maximum atomic E-state index is 12.6. The van der Waals surface area contributed by atoms with Crippen LogP contribution in [0.2, 0.25) is 5.02 Å². The molecule has 2 aliphatic heterocycles. The van der Waals surface area contributed by atoms with Gasteiger partial charge in [-0.3, -0.25) is 4.79 Å². The zero-order valence-corrected chi connectivity index (χ0v) is 16.1. The quantitative estimate of drug-likeness (QED) is 0.804. The van der Waals surface area contributed by atoms with Crippen LogP contribution >= 0.6 is 11.6 Å². The van der Waals surface area contributed by atoms with E-state index < -0.39 is 0 Å². The summed E-state index contributed by atoms with van der Waals surface area (Å²) in [6.07, 6.45) is 3.43. The number of hydrogen-bond donors (Lipinski definition) is 0. The van der Waals surface area contributed by atoms with Gasteiger partial charge in [-0.05, 0) is 43.4 Å². The highest BCUT2D eigenvalue weighted by atomic mass is 35.5. The Kier molecular flexibility index (Phi) is 6.03. The van der Waals surface area contributed by atoms with E-state index >= 15 is 0 Å². The summed E-state index contributed by atoms with van der Waals surface area (Å²) in [4.78, 5) is 17.1.